The topological polar surface area (TPSA) is 46.6 Å². The molecule has 0 amide bonds. The first-order chi connectivity index (χ1) is 10.4. The van der Waals surface area contributed by atoms with E-state index in [9.17, 15) is 8.42 Å². The van der Waals surface area contributed by atoms with E-state index in [0.717, 1.165) is 37.7 Å². The Morgan fingerprint density at radius 2 is 1.59 bits per heavy atom. The Kier molecular flexibility index (Phi) is 6.01. The van der Waals surface area contributed by atoms with Gasteiger partial charge in [0.2, 0.25) is 0 Å². The van der Waals surface area contributed by atoms with Crippen LogP contribution in [0.5, 0.6) is 0 Å². The SMILES string of the molecule is Cc1ccc(S(=O)(=O)OC2CCCCCCC2N(C)C)cc1. The van der Waals surface area contributed by atoms with E-state index in [4.69, 9.17) is 4.18 Å². The van der Waals surface area contributed by atoms with Crippen LogP contribution in [0.15, 0.2) is 29.2 Å². The van der Waals surface area contributed by atoms with Crippen LogP contribution in [-0.2, 0) is 14.3 Å². The molecule has 1 aliphatic rings. The first kappa shape index (κ1) is 17.4. The van der Waals surface area contributed by atoms with Crippen molar-refractivity contribution in [1.29, 1.82) is 0 Å². The number of aryl methyl sites for hydroxylation is 1. The minimum Gasteiger partial charge on any atom is -0.304 e. The molecule has 0 radical (unpaired) electrons. The van der Waals surface area contributed by atoms with Crippen LogP contribution in [0.25, 0.3) is 0 Å². The van der Waals surface area contributed by atoms with Gasteiger partial charge in [0.1, 0.15) is 0 Å². The number of likely N-dealkylation sites (N-methyl/N-ethyl adjacent to an activating group) is 1. The molecule has 0 heterocycles. The molecule has 2 atom stereocenters. The van der Waals surface area contributed by atoms with Crippen LogP contribution in [0.2, 0.25) is 0 Å². The number of hydrogen-bond acceptors (Lipinski definition) is 4. The van der Waals surface area contributed by atoms with Gasteiger partial charge in [-0.05, 0) is 46.0 Å². The van der Waals surface area contributed by atoms with Crippen molar-refractivity contribution in [3.05, 3.63) is 29.8 Å². The largest absolute Gasteiger partial charge is 0.304 e. The summed E-state index contributed by atoms with van der Waals surface area (Å²) in [6, 6.07) is 7.01. The summed E-state index contributed by atoms with van der Waals surface area (Å²) in [5.74, 6) is 0. The van der Waals surface area contributed by atoms with Crippen LogP contribution in [0, 0.1) is 6.92 Å². The fourth-order valence-electron chi connectivity index (χ4n) is 3.06. The summed E-state index contributed by atoms with van der Waals surface area (Å²) in [6.07, 6.45) is 6.06. The number of benzene rings is 1. The standard InChI is InChI=1S/C17H27NO3S/c1-14-10-12-15(13-11-14)22(19,20)21-17-9-7-5-4-6-8-16(17)18(2)3/h10-13,16-17H,4-9H2,1-3H3. The molecule has 0 spiro atoms. The molecule has 1 aromatic carbocycles. The van der Waals surface area contributed by atoms with Crippen molar-refractivity contribution < 1.29 is 12.6 Å². The van der Waals surface area contributed by atoms with Crippen LogP contribution < -0.4 is 0 Å². The Hall–Kier alpha value is -0.910. The van der Waals surface area contributed by atoms with Crippen LogP contribution in [0.4, 0.5) is 0 Å². The van der Waals surface area contributed by atoms with Crippen molar-refractivity contribution in [2.75, 3.05) is 14.1 Å². The molecule has 0 saturated heterocycles. The van der Waals surface area contributed by atoms with Gasteiger partial charge in [0, 0.05) is 6.04 Å². The average molecular weight is 325 g/mol. The third kappa shape index (κ3) is 4.54. The first-order valence-corrected chi connectivity index (χ1v) is 9.47. The first-order valence-electron chi connectivity index (χ1n) is 8.06. The van der Waals surface area contributed by atoms with Gasteiger partial charge in [0.25, 0.3) is 10.1 Å². The lowest BCUT2D eigenvalue weighted by atomic mass is 9.94. The number of hydrogen-bond donors (Lipinski definition) is 0. The Bertz CT molecular complexity index is 566. The maximum Gasteiger partial charge on any atom is 0.297 e. The summed E-state index contributed by atoms with van der Waals surface area (Å²) in [4.78, 5) is 2.35. The Morgan fingerprint density at radius 3 is 2.18 bits per heavy atom. The predicted molar refractivity (Wildman–Crippen MR) is 88.4 cm³/mol. The molecule has 4 nitrogen and oxygen atoms in total. The number of rotatable bonds is 4. The van der Waals surface area contributed by atoms with Gasteiger partial charge in [-0.15, -0.1) is 0 Å². The van der Waals surface area contributed by atoms with Gasteiger partial charge in [0.05, 0.1) is 11.0 Å². The minimum atomic E-state index is -3.70. The van der Waals surface area contributed by atoms with Gasteiger partial charge in [-0.3, -0.25) is 4.18 Å². The molecule has 0 N–H and O–H groups in total. The second-order valence-electron chi connectivity index (χ2n) is 6.42. The van der Waals surface area contributed by atoms with E-state index >= 15 is 0 Å². The van der Waals surface area contributed by atoms with E-state index in [1.54, 1.807) is 24.3 Å². The molecular weight excluding hydrogens is 298 g/mol. The highest BCUT2D eigenvalue weighted by Gasteiger charge is 2.30. The van der Waals surface area contributed by atoms with Crippen molar-refractivity contribution in [3.63, 3.8) is 0 Å². The highest BCUT2D eigenvalue weighted by atomic mass is 32.2. The van der Waals surface area contributed by atoms with Crippen molar-refractivity contribution in [3.8, 4) is 0 Å². The average Bonchev–Trinajstić information content (AvgIpc) is 2.42. The molecule has 1 aliphatic carbocycles. The van der Waals surface area contributed by atoms with Crippen LogP contribution in [-0.4, -0.2) is 39.6 Å². The maximum atomic E-state index is 12.5. The van der Waals surface area contributed by atoms with Crippen LogP contribution in [0.3, 0.4) is 0 Å². The molecule has 2 rings (SSSR count). The molecule has 0 bridgehead atoms. The highest BCUT2D eigenvalue weighted by molar-refractivity contribution is 7.86. The van der Waals surface area contributed by atoms with E-state index in [2.05, 4.69) is 4.90 Å². The van der Waals surface area contributed by atoms with Crippen LogP contribution >= 0.6 is 0 Å². The van der Waals surface area contributed by atoms with Gasteiger partial charge in [0.15, 0.2) is 0 Å². The fourth-order valence-corrected chi connectivity index (χ4v) is 4.19. The molecule has 5 heteroatoms. The molecule has 22 heavy (non-hydrogen) atoms. The molecule has 0 aliphatic heterocycles. The summed E-state index contributed by atoms with van der Waals surface area (Å²) in [5.41, 5.74) is 1.04. The van der Waals surface area contributed by atoms with Gasteiger partial charge in [-0.2, -0.15) is 8.42 Å². The summed E-state index contributed by atoms with van der Waals surface area (Å²) < 4.78 is 30.7. The molecule has 1 aromatic rings. The number of nitrogens with zero attached hydrogens (tertiary/aromatic N) is 1. The molecular formula is C17H27NO3S. The molecule has 1 fully saturated rings. The predicted octanol–water partition coefficient (Wildman–Crippen LogP) is 3.35. The molecule has 1 saturated carbocycles. The molecule has 124 valence electrons. The Balaban J connectivity index is 2.18. The Labute approximate surface area is 134 Å². The quantitative estimate of drug-likeness (QED) is 0.797. The lowest BCUT2D eigenvalue weighted by Gasteiger charge is -2.33. The van der Waals surface area contributed by atoms with Gasteiger partial charge in [-0.1, -0.05) is 43.4 Å². The van der Waals surface area contributed by atoms with E-state index in [1.807, 2.05) is 21.0 Å². The molecule has 0 aromatic heterocycles. The van der Waals surface area contributed by atoms with Gasteiger partial charge in [-0.25, -0.2) is 0 Å². The lowest BCUT2D eigenvalue weighted by molar-refractivity contribution is 0.0801. The van der Waals surface area contributed by atoms with Gasteiger partial charge < -0.3 is 4.90 Å². The van der Waals surface area contributed by atoms with Crippen molar-refractivity contribution in [1.82, 2.24) is 4.90 Å². The van der Waals surface area contributed by atoms with Gasteiger partial charge >= 0.3 is 0 Å². The second kappa shape index (κ2) is 7.57. The van der Waals surface area contributed by atoms with E-state index < -0.39 is 10.1 Å². The van der Waals surface area contributed by atoms with Crippen molar-refractivity contribution >= 4 is 10.1 Å². The smallest absolute Gasteiger partial charge is 0.297 e. The minimum absolute atomic E-state index is 0.153. The second-order valence-corrected chi connectivity index (χ2v) is 8.00. The summed E-state index contributed by atoms with van der Waals surface area (Å²) in [5, 5.41) is 0. The summed E-state index contributed by atoms with van der Waals surface area (Å²) >= 11 is 0. The third-order valence-electron chi connectivity index (χ3n) is 4.39. The normalized spacial score (nSPS) is 24.0. The van der Waals surface area contributed by atoms with E-state index in [0.29, 0.717) is 0 Å². The van der Waals surface area contributed by atoms with E-state index in [1.165, 1.54) is 6.42 Å². The zero-order chi connectivity index (χ0) is 16.2. The summed E-state index contributed by atoms with van der Waals surface area (Å²) in [7, 11) is 0.304. The Morgan fingerprint density at radius 1 is 1.00 bits per heavy atom. The zero-order valence-corrected chi connectivity index (χ0v) is 14.6. The fraction of sp³-hybridized carbons (Fsp3) is 0.647. The third-order valence-corrected chi connectivity index (χ3v) is 5.74. The lowest BCUT2D eigenvalue weighted by Crippen LogP contribution is -2.42. The zero-order valence-electron chi connectivity index (χ0n) is 13.8. The summed E-state index contributed by atoms with van der Waals surface area (Å²) in [6.45, 7) is 1.94. The van der Waals surface area contributed by atoms with Crippen LogP contribution in [0.1, 0.15) is 44.1 Å². The monoisotopic (exact) mass is 325 g/mol. The molecule has 2 unspecified atom stereocenters. The van der Waals surface area contributed by atoms with E-state index in [-0.39, 0.29) is 17.0 Å². The van der Waals surface area contributed by atoms with Crippen molar-refractivity contribution in [2.45, 2.75) is 62.5 Å². The highest BCUT2D eigenvalue weighted by Crippen LogP contribution is 2.26. The van der Waals surface area contributed by atoms with Crippen molar-refractivity contribution in [2.24, 2.45) is 0 Å². The maximum absolute atomic E-state index is 12.5.